The van der Waals surface area contributed by atoms with Crippen LogP contribution in [0.2, 0.25) is 0 Å². The van der Waals surface area contributed by atoms with Gasteiger partial charge in [0.1, 0.15) is 17.4 Å². The molecule has 0 saturated heterocycles. The first-order valence-electron chi connectivity index (χ1n) is 7.95. The number of ether oxygens (including phenoxy) is 1. The molecule has 0 aliphatic rings. The Balaban J connectivity index is 1.95. The summed E-state index contributed by atoms with van der Waals surface area (Å²) in [6.07, 6.45) is 1.47. The number of hydrogen-bond donors (Lipinski definition) is 0. The van der Waals surface area contributed by atoms with Crippen LogP contribution in [0.1, 0.15) is 21.7 Å². The molecule has 26 heavy (non-hydrogen) atoms. The van der Waals surface area contributed by atoms with Crippen molar-refractivity contribution >= 4 is 11.6 Å². The fourth-order valence-corrected chi connectivity index (χ4v) is 2.59. The molecule has 0 spiro atoms. The second-order valence-corrected chi connectivity index (χ2v) is 5.70. The molecular formula is C20H17F2NO3. The van der Waals surface area contributed by atoms with Crippen molar-refractivity contribution in [3.05, 3.63) is 89.4 Å². The van der Waals surface area contributed by atoms with Gasteiger partial charge in [0.05, 0.1) is 25.1 Å². The van der Waals surface area contributed by atoms with Crippen LogP contribution in [0, 0.1) is 11.6 Å². The van der Waals surface area contributed by atoms with E-state index in [0.717, 1.165) is 17.7 Å². The topological polar surface area (TPSA) is 42.7 Å². The standard InChI is InChI=1S/C20H17F2NO3/c1-25-13-14-4-6-15(7-5-14)20(24)23(12-17-3-2-10-26-17)19-9-8-16(21)11-18(19)22/h2-11H,12-13H2,1H3. The third-order valence-electron chi connectivity index (χ3n) is 3.85. The predicted octanol–water partition coefficient (Wildman–Crippen LogP) is 4.55. The van der Waals surface area contributed by atoms with E-state index >= 15 is 0 Å². The Morgan fingerprint density at radius 3 is 2.50 bits per heavy atom. The maximum absolute atomic E-state index is 14.3. The van der Waals surface area contributed by atoms with Gasteiger partial charge in [-0.05, 0) is 42.0 Å². The summed E-state index contributed by atoms with van der Waals surface area (Å²) in [6.45, 7) is 0.450. The molecule has 2 aromatic carbocycles. The molecule has 1 aromatic heterocycles. The van der Waals surface area contributed by atoms with Gasteiger partial charge in [-0.1, -0.05) is 12.1 Å². The van der Waals surface area contributed by atoms with E-state index in [9.17, 15) is 13.6 Å². The Hall–Kier alpha value is -2.99. The van der Waals surface area contributed by atoms with Crippen molar-refractivity contribution in [3.8, 4) is 0 Å². The van der Waals surface area contributed by atoms with Crippen LogP contribution in [0.4, 0.5) is 14.5 Å². The smallest absolute Gasteiger partial charge is 0.258 e. The lowest BCUT2D eigenvalue weighted by Gasteiger charge is -2.22. The van der Waals surface area contributed by atoms with Crippen LogP contribution >= 0.6 is 0 Å². The first-order valence-corrected chi connectivity index (χ1v) is 7.95. The Bertz CT molecular complexity index is 877. The normalized spacial score (nSPS) is 10.7. The average molecular weight is 357 g/mol. The number of halogens is 2. The molecule has 1 heterocycles. The quantitative estimate of drug-likeness (QED) is 0.650. The minimum absolute atomic E-state index is 0.0197. The number of nitrogens with zero attached hydrogens (tertiary/aromatic N) is 1. The molecule has 0 radical (unpaired) electrons. The van der Waals surface area contributed by atoms with Crippen molar-refractivity contribution < 1.29 is 22.7 Å². The van der Waals surface area contributed by atoms with Crippen molar-refractivity contribution in [2.24, 2.45) is 0 Å². The molecule has 0 N–H and O–H groups in total. The first-order chi connectivity index (χ1) is 12.6. The van der Waals surface area contributed by atoms with E-state index in [0.29, 0.717) is 17.9 Å². The van der Waals surface area contributed by atoms with Gasteiger partial charge in [-0.15, -0.1) is 0 Å². The van der Waals surface area contributed by atoms with Crippen LogP contribution in [-0.2, 0) is 17.9 Å². The molecule has 6 heteroatoms. The van der Waals surface area contributed by atoms with Gasteiger partial charge < -0.3 is 9.15 Å². The first kappa shape index (κ1) is 17.8. The van der Waals surface area contributed by atoms with Gasteiger partial charge in [0, 0.05) is 18.7 Å². The summed E-state index contributed by atoms with van der Waals surface area (Å²) in [5, 5.41) is 0. The van der Waals surface area contributed by atoms with Gasteiger partial charge in [-0.2, -0.15) is 0 Å². The number of benzene rings is 2. The number of hydrogen-bond acceptors (Lipinski definition) is 3. The summed E-state index contributed by atoms with van der Waals surface area (Å²) in [7, 11) is 1.58. The zero-order valence-electron chi connectivity index (χ0n) is 14.1. The second kappa shape index (κ2) is 7.93. The van der Waals surface area contributed by atoms with E-state index < -0.39 is 17.5 Å². The Morgan fingerprint density at radius 2 is 1.88 bits per heavy atom. The predicted molar refractivity (Wildman–Crippen MR) is 92.7 cm³/mol. The van der Waals surface area contributed by atoms with Gasteiger partial charge >= 0.3 is 0 Å². The monoisotopic (exact) mass is 357 g/mol. The molecule has 0 bridgehead atoms. The molecule has 0 aliphatic heterocycles. The fraction of sp³-hybridized carbons (Fsp3) is 0.150. The number of anilines is 1. The largest absolute Gasteiger partial charge is 0.467 e. The maximum Gasteiger partial charge on any atom is 0.258 e. The highest BCUT2D eigenvalue weighted by Crippen LogP contribution is 2.25. The number of amides is 1. The molecule has 134 valence electrons. The maximum atomic E-state index is 14.3. The number of furan rings is 1. The lowest BCUT2D eigenvalue weighted by Crippen LogP contribution is -2.31. The van der Waals surface area contributed by atoms with Crippen molar-refractivity contribution in [2.75, 3.05) is 12.0 Å². The third kappa shape index (κ3) is 3.97. The molecule has 0 atom stereocenters. The van der Waals surface area contributed by atoms with E-state index in [2.05, 4.69) is 0 Å². The number of carbonyl (C=O) groups excluding carboxylic acids is 1. The third-order valence-corrected chi connectivity index (χ3v) is 3.85. The lowest BCUT2D eigenvalue weighted by molar-refractivity contribution is 0.0982. The van der Waals surface area contributed by atoms with Gasteiger partial charge in [0.15, 0.2) is 0 Å². The summed E-state index contributed by atoms with van der Waals surface area (Å²) < 4.78 is 37.9. The van der Waals surface area contributed by atoms with Gasteiger partial charge in [0.2, 0.25) is 0 Å². The Labute approximate surface area is 149 Å². The van der Waals surface area contributed by atoms with Gasteiger partial charge in [-0.3, -0.25) is 9.69 Å². The van der Waals surface area contributed by atoms with E-state index in [4.69, 9.17) is 9.15 Å². The van der Waals surface area contributed by atoms with Crippen LogP contribution in [-0.4, -0.2) is 13.0 Å². The SMILES string of the molecule is COCc1ccc(C(=O)N(Cc2ccco2)c2ccc(F)cc2F)cc1. The summed E-state index contributed by atoms with van der Waals surface area (Å²) in [5.41, 5.74) is 1.27. The number of carbonyl (C=O) groups is 1. The van der Waals surface area contributed by atoms with Crippen molar-refractivity contribution in [1.82, 2.24) is 0 Å². The molecule has 0 unspecified atom stereocenters. The summed E-state index contributed by atoms with van der Waals surface area (Å²) in [5.74, 6) is -1.46. The molecule has 1 amide bonds. The van der Waals surface area contributed by atoms with Crippen LogP contribution < -0.4 is 4.90 Å². The lowest BCUT2D eigenvalue weighted by atomic mass is 10.1. The fourth-order valence-electron chi connectivity index (χ4n) is 2.59. The molecular weight excluding hydrogens is 340 g/mol. The van der Waals surface area contributed by atoms with E-state index in [1.54, 1.807) is 43.5 Å². The highest BCUT2D eigenvalue weighted by molar-refractivity contribution is 6.06. The molecule has 0 aliphatic carbocycles. The van der Waals surface area contributed by atoms with Crippen molar-refractivity contribution in [1.29, 1.82) is 0 Å². The summed E-state index contributed by atoms with van der Waals surface area (Å²) in [4.78, 5) is 14.2. The Morgan fingerprint density at radius 1 is 1.12 bits per heavy atom. The van der Waals surface area contributed by atoms with Gasteiger partial charge in [-0.25, -0.2) is 8.78 Å². The second-order valence-electron chi connectivity index (χ2n) is 5.70. The van der Waals surface area contributed by atoms with Crippen LogP contribution in [0.5, 0.6) is 0 Å². The van der Waals surface area contributed by atoms with Crippen LogP contribution in [0.25, 0.3) is 0 Å². The molecule has 4 nitrogen and oxygen atoms in total. The van der Waals surface area contributed by atoms with E-state index in [-0.39, 0.29) is 12.2 Å². The van der Waals surface area contributed by atoms with E-state index in [1.165, 1.54) is 17.2 Å². The Kier molecular flexibility index (Phi) is 5.43. The number of rotatable bonds is 6. The molecule has 3 rings (SSSR count). The minimum atomic E-state index is -0.819. The molecule has 3 aromatic rings. The van der Waals surface area contributed by atoms with E-state index in [1.807, 2.05) is 0 Å². The molecule has 0 fully saturated rings. The molecule has 0 saturated carbocycles. The summed E-state index contributed by atoms with van der Waals surface area (Å²) in [6, 6.07) is 13.3. The van der Waals surface area contributed by atoms with Crippen LogP contribution in [0.15, 0.2) is 65.3 Å². The highest BCUT2D eigenvalue weighted by atomic mass is 19.1. The zero-order chi connectivity index (χ0) is 18.5. The highest BCUT2D eigenvalue weighted by Gasteiger charge is 2.22. The van der Waals surface area contributed by atoms with Crippen molar-refractivity contribution in [2.45, 2.75) is 13.2 Å². The average Bonchev–Trinajstić information content (AvgIpc) is 3.14. The summed E-state index contributed by atoms with van der Waals surface area (Å²) >= 11 is 0. The zero-order valence-corrected chi connectivity index (χ0v) is 14.1. The number of methoxy groups -OCH3 is 1. The minimum Gasteiger partial charge on any atom is -0.467 e. The van der Waals surface area contributed by atoms with Crippen molar-refractivity contribution in [3.63, 3.8) is 0 Å². The van der Waals surface area contributed by atoms with Gasteiger partial charge in [0.25, 0.3) is 5.91 Å². The van der Waals surface area contributed by atoms with Crippen LogP contribution in [0.3, 0.4) is 0 Å².